The monoisotopic (exact) mass is 183 g/mol. The summed E-state index contributed by atoms with van der Waals surface area (Å²) in [6.07, 6.45) is 1.62. The van der Waals surface area contributed by atoms with Gasteiger partial charge >= 0.3 is 0 Å². The number of amides is 1. The molecule has 13 heavy (non-hydrogen) atoms. The van der Waals surface area contributed by atoms with E-state index in [1.807, 2.05) is 20.8 Å². The van der Waals surface area contributed by atoms with Crippen LogP contribution in [0.5, 0.6) is 0 Å². The molecule has 1 N–H and O–H groups in total. The number of hydrogen-bond donors (Lipinski definition) is 1. The van der Waals surface area contributed by atoms with E-state index in [4.69, 9.17) is 0 Å². The number of rotatable bonds is 1. The normalized spacial score (nSPS) is 34.4. The fourth-order valence-corrected chi connectivity index (χ4v) is 1.83. The predicted octanol–water partition coefficient (Wildman–Crippen LogP) is 0.790. The lowest BCUT2D eigenvalue weighted by molar-refractivity contribution is -0.203. The second-order valence-corrected chi connectivity index (χ2v) is 4.61. The summed E-state index contributed by atoms with van der Waals surface area (Å²) in [5, 5.41) is 10.2. The highest BCUT2D eigenvalue weighted by Gasteiger charge is 2.63. The Kier molecular flexibility index (Phi) is 2.03. The maximum Gasteiger partial charge on any atom is 0.257 e. The molecule has 1 heterocycles. The third kappa shape index (κ3) is 1.03. The molecular weight excluding hydrogens is 166 g/mol. The Morgan fingerprint density at radius 2 is 2.08 bits per heavy atom. The molecular formula is C10H17NO2. The predicted molar refractivity (Wildman–Crippen MR) is 51.2 cm³/mol. The van der Waals surface area contributed by atoms with Crippen molar-refractivity contribution in [3.63, 3.8) is 0 Å². The number of nitrogens with zero attached hydrogens (tertiary/aromatic N) is 1. The van der Waals surface area contributed by atoms with Gasteiger partial charge in [-0.2, -0.15) is 0 Å². The zero-order valence-electron chi connectivity index (χ0n) is 8.66. The molecule has 0 spiro atoms. The minimum absolute atomic E-state index is 0.218. The molecule has 0 bridgehead atoms. The van der Waals surface area contributed by atoms with Crippen LogP contribution < -0.4 is 0 Å². The van der Waals surface area contributed by atoms with Crippen molar-refractivity contribution in [2.24, 2.45) is 5.41 Å². The van der Waals surface area contributed by atoms with E-state index in [1.165, 1.54) is 4.90 Å². The third-order valence-corrected chi connectivity index (χ3v) is 2.86. The second-order valence-electron chi connectivity index (χ2n) is 4.61. The van der Waals surface area contributed by atoms with Gasteiger partial charge in [0.2, 0.25) is 0 Å². The Bertz CT molecular complexity index is 254. The van der Waals surface area contributed by atoms with E-state index in [2.05, 4.69) is 6.58 Å². The Morgan fingerprint density at radius 1 is 1.62 bits per heavy atom. The molecule has 0 aromatic carbocycles. The smallest absolute Gasteiger partial charge is 0.257 e. The molecule has 2 atom stereocenters. The molecule has 0 aromatic rings. The lowest BCUT2D eigenvalue weighted by Crippen LogP contribution is -2.76. The van der Waals surface area contributed by atoms with Gasteiger partial charge in [-0.25, -0.2) is 0 Å². The van der Waals surface area contributed by atoms with E-state index >= 15 is 0 Å². The standard InChI is InChI=1S/C10H17NO2/c1-6-7-10(13,9(2,3)4)8(12)11(7)5/h6-7,13H,1H2,2-5H3. The van der Waals surface area contributed by atoms with Gasteiger partial charge in [-0.3, -0.25) is 4.79 Å². The fourth-order valence-electron chi connectivity index (χ4n) is 1.83. The zero-order chi connectivity index (χ0) is 10.4. The van der Waals surface area contributed by atoms with Crippen LogP contribution in [0.2, 0.25) is 0 Å². The molecule has 1 aliphatic rings. The lowest BCUT2D eigenvalue weighted by Gasteiger charge is -2.56. The molecule has 0 saturated carbocycles. The molecule has 3 nitrogen and oxygen atoms in total. The van der Waals surface area contributed by atoms with Crippen LogP contribution in [0.15, 0.2) is 12.7 Å². The first-order valence-electron chi connectivity index (χ1n) is 4.39. The Labute approximate surface area is 79.0 Å². The average molecular weight is 183 g/mol. The summed E-state index contributed by atoms with van der Waals surface area (Å²) >= 11 is 0. The van der Waals surface area contributed by atoms with Crippen LogP contribution in [0.3, 0.4) is 0 Å². The Morgan fingerprint density at radius 3 is 2.31 bits per heavy atom. The summed E-state index contributed by atoms with van der Waals surface area (Å²) < 4.78 is 0. The average Bonchev–Trinajstić information content (AvgIpc) is 2.02. The van der Waals surface area contributed by atoms with Crippen molar-refractivity contribution in [3.05, 3.63) is 12.7 Å². The molecule has 0 aliphatic carbocycles. The van der Waals surface area contributed by atoms with Crippen molar-refractivity contribution in [2.75, 3.05) is 7.05 Å². The van der Waals surface area contributed by atoms with E-state index < -0.39 is 11.0 Å². The maximum absolute atomic E-state index is 11.5. The highest BCUT2D eigenvalue weighted by atomic mass is 16.3. The number of hydrogen-bond acceptors (Lipinski definition) is 2. The van der Waals surface area contributed by atoms with Crippen LogP contribution in [0.1, 0.15) is 20.8 Å². The first kappa shape index (κ1) is 10.3. The van der Waals surface area contributed by atoms with Gasteiger partial charge in [-0.05, 0) is 0 Å². The topological polar surface area (TPSA) is 40.5 Å². The highest BCUT2D eigenvalue weighted by Crippen LogP contribution is 2.43. The number of aliphatic hydroxyl groups is 1. The molecule has 1 aliphatic heterocycles. The minimum Gasteiger partial charge on any atom is -0.377 e. The van der Waals surface area contributed by atoms with Gasteiger partial charge < -0.3 is 10.0 Å². The van der Waals surface area contributed by atoms with E-state index in [0.717, 1.165) is 0 Å². The van der Waals surface area contributed by atoms with Crippen molar-refractivity contribution in [1.82, 2.24) is 4.90 Å². The molecule has 0 aromatic heterocycles. The van der Waals surface area contributed by atoms with Crippen molar-refractivity contribution in [3.8, 4) is 0 Å². The summed E-state index contributed by atoms with van der Waals surface area (Å²) in [6, 6.07) is -0.264. The van der Waals surface area contributed by atoms with Crippen molar-refractivity contribution in [1.29, 1.82) is 0 Å². The molecule has 1 fully saturated rings. The first-order valence-corrected chi connectivity index (χ1v) is 4.39. The van der Waals surface area contributed by atoms with Crippen molar-refractivity contribution < 1.29 is 9.90 Å². The molecule has 1 amide bonds. The van der Waals surface area contributed by atoms with E-state index in [0.29, 0.717) is 0 Å². The molecule has 1 saturated heterocycles. The van der Waals surface area contributed by atoms with Crippen LogP contribution in [-0.4, -0.2) is 34.6 Å². The van der Waals surface area contributed by atoms with Crippen LogP contribution >= 0.6 is 0 Å². The summed E-state index contributed by atoms with van der Waals surface area (Å²) in [5.74, 6) is -0.218. The van der Waals surface area contributed by atoms with Gasteiger partial charge in [-0.15, -0.1) is 6.58 Å². The third-order valence-electron chi connectivity index (χ3n) is 2.86. The van der Waals surface area contributed by atoms with Crippen LogP contribution in [-0.2, 0) is 4.79 Å². The van der Waals surface area contributed by atoms with Gasteiger partial charge in [0.05, 0.1) is 6.04 Å². The Hall–Kier alpha value is -0.830. The van der Waals surface area contributed by atoms with Gasteiger partial charge in [0.1, 0.15) is 0 Å². The summed E-state index contributed by atoms with van der Waals surface area (Å²) in [4.78, 5) is 13.0. The van der Waals surface area contributed by atoms with E-state index in [1.54, 1.807) is 13.1 Å². The molecule has 1 rings (SSSR count). The molecule has 2 unspecified atom stereocenters. The van der Waals surface area contributed by atoms with E-state index in [9.17, 15) is 9.90 Å². The van der Waals surface area contributed by atoms with Crippen molar-refractivity contribution in [2.45, 2.75) is 32.4 Å². The van der Waals surface area contributed by atoms with Gasteiger partial charge in [0.15, 0.2) is 5.60 Å². The summed E-state index contributed by atoms with van der Waals surface area (Å²) in [7, 11) is 1.68. The fraction of sp³-hybridized carbons (Fsp3) is 0.700. The van der Waals surface area contributed by atoms with Gasteiger partial charge in [0, 0.05) is 12.5 Å². The molecule has 3 heteroatoms. The number of carbonyl (C=O) groups excluding carboxylic acids is 1. The van der Waals surface area contributed by atoms with E-state index in [-0.39, 0.29) is 11.9 Å². The number of likely N-dealkylation sites (N-methyl/N-ethyl adjacent to an activating group) is 1. The number of likely N-dealkylation sites (tertiary alicyclic amines) is 1. The van der Waals surface area contributed by atoms with Crippen LogP contribution in [0.4, 0.5) is 0 Å². The quantitative estimate of drug-likeness (QED) is 0.482. The molecule has 0 radical (unpaired) electrons. The molecule has 74 valence electrons. The maximum atomic E-state index is 11.5. The lowest BCUT2D eigenvalue weighted by atomic mass is 9.65. The van der Waals surface area contributed by atoms with Crippen molar-refractivity contribution >= 4 is 5.91 Å². The minimum atomic E-state index is -1.27. The number of carbonyl (C=O) groups is 1. The second kappa shape index (κ2) is 2.58. The first-order chi connectivity index (χ1) is 5.76. The summed E-state index contributed by atoms with van der Waals surface area (Å²) in [6.45, 7) is 9.19. The van der Waals surface area contributed by atoms with Gasteiger partial charge in [-0.1, -0.05) is 26.8 Å². The zero-order valence-corrected chi connectivity index (χ0v) is 8.66. The largest absolute Gasteiger partial charge is 0.377 e. The number of β-lactam (4-membered cyclic amide) rings is 1. The SMILES string of the molecule is C=CC1N(C)C(=O)C1(O)C(C)(C)C. The Balaban J connectivity index is 3.04. The van der Waals surface area contributed by atoms with Crippen LogP contribution in [0, 0.1) is 5.41 Å². The summed E-state index contributed by atoms with van der Waals surface area (Å²) in [5.41, 5.74) is -1.72. The van der Waals surface area contributed by atoms with Gasteiger partial charge in [0.25, 0.3) is 5.91 Å². The van der Waals surface area contributed by atoms with Crippen LogP contribution in [0.25, 0.3) is 0 Å². The highest BCUT2D eigenvalue weighted by molar-refractivity contribution is 5.94.